The molecule has 1 aromatic carbocycles. The maximum atomic E-state index is 11.9. The Bertz CT molecular complexity index is 500. The van der Waals surface area contributed by atoms with Gasteiger partial charge in [-0.15, -0.1) is 0 Å². The SMILES string of the molecule is COc1ccc(Br)c(CS(=O)(=O)CCC(C)N)c1. The third-order valence-electron chi connectivity index (χ3n) is 2.51. The Balaban J connectivity index is 2.83. The molecule has 4 nitrogen and oxygen atoms in total. The number of ether oxygens (including phenoxy) is 1. The van der Waals surface area contributed by atoms with Gasteiger partial charge in [-0.05, 0) is 37.1 Å². The van der Waals surface area contributed by atoms with Gasteiger partial charge >= 0.3 is 0 Å². The van der Waals surface area contributed by atoms with Crippen LogP contribution in [0.25, 0.3) is 0 Å². The van der Waals surface area contributed by atoms with Crippen LogP contribution in [0, 0.1) is 0 Å². The summed E-state index contributed by atoms with van der Waals surface area (Å²) in [5.41, 5.74) is 6.28. The van der Waals surface area contributed by atoms with E-state index in [2.05, 4.69) is 15.9 Å². The van der Waals surface area contributed by atoms with Gasteiger partial charge in [-0.1, -0.05) is 15.9 Å². The van der Waals surface area contributed by atoms with Crippen molar-refractivity contribution < 1.29 is 13.2 Å². The molecule has 0 saturated carbocycles. The maximum absolute atomic E-state index is 11.9. The van der Waals surface area contributed by atoms with Crippen molar-refractivity contribution in [1.29, 1.82) is 0 Å². The molecule has 0 aliphatic heterocycles. The molecule has 0 amide bonds. The lowest BCUT2D eigenvalue weighted by Crippen LogP contribution is -2.20. The second-order valence-electron chi connectivity index (χ2n) is 4.32. The highest BCUT2D eigenvalue weighted by Crippen LogP contribution is 2.24. The Kier molecular flexibility index (Phi) is 5.62. The first-order valence-electron chi connectivity index (χ1n) is 5.62. The van der Waals surface area contributed by atoms with Gasteiger partial charge in [-0.25, -0.2) is 8.42 Å². The highest BCUT2D eigenvalue weighted by atomic mass is 79.9. The lowest BCUT2D eigenvalue weighted by molar-refractivity contribution is 0.414. The van der Waals surface area contributed by atoms with Gasteiger partial charge in [-0.3, -0.25) is 0 Å². The summed E-state index contributed by atoms with van der Waals surface area (Å²) in [4.78, 5) is 0. The van der Waals surface area contributed by atoms with Crippen LogP contribution in [0.2, 0.25) is 0 Å². The predicted octanol–water partition coefficient (Wildman–Crippen LogP) is 2.11. The molecule has 6 heteroatoms. The van der Waals surface area contributed by atoms with Gasteiger partial charge in [0.1, 0.15) is 5.75 Å². The molecule has 0 bridgehead atoms. The Labute approximate surface area is 117 Å². The van der Waals surface area contributed by atoms with Gasteiger partial charge in [0.25, 0.3) is 0 Å². The van der Waals surface area contributed by atoms with E-state index < -0.39 is 9.84 Å². The number of halogens is 1. The molecular weight excluding hydrogens is 318 g/mol. The number of hydrogen-bond acceptors (Lipinski definition) is 4. The molecule has 1 rings (SSSR count). The summed E-state index contributed by atoms with van der Waals surface area (Å²) in [5, 5.41) is 0. The lowest BCUT2D eigenvalue weighted by Gasteiger charge is -2.09. The topological polar surface area (TPSA) is 69.4 Å². The van der Waals surface area contributed by atoms with E-state index in [4.69, 9.17) is 10.5 Å². The Morgan fingerprint density at radius 3 is 2.67 bits per heavy atom. The number of hydrogen-bond donors (Lipinski definition) is 1. The molecule has 0 spiro atoms. The molecule has 102 valence electrons. The highest BCUT2D eigenvalue weighted by molar-refractivity contribution is 9.10. The third-order valence-corrected chi connectivity index (χ3v) is 4.89. The molecule has 0 heterocycles. The van der Waals surface area contributed by atoms with Crippen molar-refractivity contribution in [3.8, 4) is 5.75 Å². The number of benzene rings is 1. The quantitative estimate of drug-likeness (QED) is 0.864. The van der Waals surface area contributed by atoms with E-state index in [1.165, 1.54) is 0 Å². The fraction of sp³-hybridized carbons (Fsp3) is 0.500. The minimum absolute atomic E-state index is 0.00248. The van der Waals surface area contributed by atoms with Gasteiger partial charge in [-0.2, -0.15) is 0 Å². The van der Waals surface area contributed by atoms with Crippen LogP contribution in [-0.2, 0) is 15.6 Å². The minimum Gasteiger partial charge on any atom is -0.497 e. The van der Waals surface area contributed by atoms with Crippen molar-refractivity contribution in [2.24, 2.45) is 5.73 Å². The molecule has 0 saturated heterocycles. The standard InChI is InChI=1S/C12H18BrNO3S/c1-9(14)5-6-18(15,16)8-10-7-11(17-2)3-4-12(10)13/h3-4,7,9H,5-6,8,14H2,1-2H3. The zero-order valence-electron chi connectivity index (χ0n) is 10.5. The Hall–Kier alpha value is -0.590. The van der Waals surface area contributed by atoms with Crippen LogP contribution in [0.5, 0.6) is 5.75 Å². The molecule has 1 unspecified atom stereocenters. The molecule has 0 aliphatic carbocycles. The number of methoxy groups -OCH3 is 1. The van der Waals surface area contributed by atoms with Crippen molar-refractivity contribution in [3.05, 3.63) is 28.2 Å². The van der Waals surface area contributed by atoms with Gasteiger partial charge in [0.15, 0.2) is 9.84 Å². The molecule has 1 atom stereocenters. The van der Waals surface area contributed by atoms with Crippen molar-refractivity contribution >= 4 is 25.8 Å². The molecule has 1 aromatic rings. The lowest BCUT2D eigenvalue weighted by atomic mass is 10.2. The highest BCUT2D eigenvalue weighted by Gasteiger charge is 2.15. The van der Waals surface area contributed by atoms with Gasteiger partial charge in [0, 0.05) is 10.5 Å². The minimum atomic E-state index is -3.14. The monoisotopic (exact) mass is 335 g/mol. The first-order valence-corrected chi connectivity index (χ1v) is 8.24. The van der Waals surface area contributed by atoms with E-state index >= 15 is 0 Å². The molecule has 2 N–H and O–H groups in total. The molecule has 0 fully saturated rings. The van der Waals surface area contributed by atoms with E-state index in [1.807, 2.05) is 0 Å². The van der Waals surface area contributed by atoms with Crippen LogP contribution in [0.1, 0.15) is 18.9 Å². The normalized spacial score (nSPS) is 13.3. The van der Waals surface area contributed by atoms with Crippen LogP contribution in [0.15, 0.2) is 22.7 Å². The van der Waals surface area contributed by atoms with E-state index in [0.29, 0.717) is 17.7 Å². The van der Waals surface area contributed by atoms with Crippen LogP contribution >= 0.6 is 15.9 Å². The summed E-state index contributed by atoms with van der Waals surface area (Å²) in [6.07, 6.45) is 0.476. The first-order chi connectivity index (χ1) is 8.34. The maximum Gasteiger partial charge on any atom is 0.154 e. The Morgan fingerprint density at radius 2 is 2.11 bits per heavy atom. The largest absolute Gasteiger partial charge is 0.497 e. The first kappa shape index (κ1) is 15.5. The van der Waals surface area contributed by atoms with Crippen molar-refractivity contribution in [1.82, 2.24) is 0 Å². The fourth-order valence-corrected chi connectivity index (χ4v) is 3.62. The second kappa shape index (κ2) is 6.54. The van der Waals surface area contributed by atoms with Crippen LogP contribution in [0.3, 0.4) is 0 Å². The molecule has 0 radical (unpaired) electrons. The van der Waals surface area contributed by atoms with E-state index in [9.17, 15) is 8.42 Å². The van der Waals surface area contributed by atoms with Gasteiger partial charge in [0.2, 0.25) is 0 Å². The van der Waals surface area contributed by atoms with E-state index in [1.54, 1.807) is 32.2 Å². The molecule has 0 aliphatic rings. The van der Waals surface area contributed by atoms with Crippen molar-refractivity contribution in [2.45, 2.75) is 25.1 Å². The van der Waals surface area contributed by atoms with Crippen LogP contribution in [0.4, 0.5) is 0 Å². The zero-order chi connectivity index (χ0) is 13.8. The molecular formula is C12H18BrNO3S. The third kappa shape index (κ3) is 4.96. The summed E-state index contributed by atoms with van der Waals surface area (Å²) < 4.78 is 29.7. The second-order valence-corrected chi connectivity index (χ2v) is 7.35. The van der Waals surface area contributed by atoms with Crippen molar-refractivity contribution in [3.63, 3.8) is 0 Å². The molecule has 0 aromatic heterocycles. The fourth-order valence-electron chi connectivity index (χ4n) is 1.46. The van der Waals surface area contributed by atoms with Crippen LogP contribution < -0.4 is 10.5 Å². The van der Waals surface area contributed by atoms with Gasteiger partial charge < -0.3 is 10.5 Å². The summed E-state index contributed by atoms with van der Waals surface area (Å²) in [6, 6.07) is 5.19. The number of nitrogens with two attached hydrogens (primary N) is 1. The number of sulfone groups is 1. The van der Waals surface area contributed by atoms with Gasteiger partial charge in [0.05, 0.1) is 18.6 Å². The average Bonchev–Trinajstić information content (AvgIpc) is 2.29. The summed E-state index contributed by atoms with van der Waals surface area (Å²) in [5.74, 6) is 0.752. The summed E-state index contributed by atoms with van der Waals surface area (Å²) >= 11 is 3.35. The van der Waals surface area contributed by atoms with Crippen LogP contribution in [-0.4, -0.2) is 27.3 Å². The predicted molar refractivity (Wildman–Crippen MR) is 76.5 cm³/mol. The zero-order valence-corrected chi connectivity index (χ0v) is 12.9. The summed E-state index contributed by atoms with van der Waals surface area (Å²) in [7, 11) is -1.59. The van der Waals surface area contributed by atoms with E-state index in [-0.39, 0.29) is 17.5 Å². The smallest absolute Gasteiger partial charge is 0.154 e. The average molecular weight is 336 g/mol. The molecule has 18 heavy (non-hydrogen) atoms. The van der Waals surface area contributed by atoms with E-state index in [0.717, 1.165) is 4.47 Å². The van der Waals surface area contributed by atoms with Crippen molar-refractivity contribution in [2.75, 3.05) is 12.9 Å². The Morgan fingerprint density at radius 1 is 1.44 bits per heavy atom. The summed E-state index contributed by atoms with van der Waals surface area (Å²) in [6.45, 7) is 1.80. The number of rotatable bonds is 6.